The van der Waals surface area contributed by atoms with Gasteiger partial charge in [-0.2, -0.15) is 5.26 Å². The number of carbonyl (C=O) groups excluding carboxylic acids is 2. The molecule has 174 valence electrons. The topological polar surface area (TPSA) is 126 Å². The quantitative estimate of drug-likeness (QED) is 0.430. The number of ether oxygens (including phenoxy) is 3. The zero-order valence-electron chi connectivity index (χ0n) is 17.7. The molecule has 0 spiro atoms. The van der Waals surface area contributed by atoms with Gasteiger partial charge in [-0.05, 0) is 18.4 Å². The average molecular weight is 466 g/mol. The summed E-state index contributed by atoms with van der Waals surface area (Å²) in [6.07, 6.45) is 0.315. The minimum Gasteiger partial charge on any atom is -0.435 e. The molecule has 0 aromatic heterocycles. The first-order valence-electron chi connectivity index (χ1n) is 10.5. The molecule has 2 amide bonds. The van der Waals surface area contributed by atoms with E-state index in [4.69, 9.17) is 14.2 Å². The Morgan fingerprint density at radius 2 is 1.75 bits per heavy atom. The molecule has 0 saturated carbocycles. The van der Waals surface area contributed by atoms with Crippen LogP contribution in [0.4, 0.5) is 4.79 Å². The average Bonchev–Trinajstić information content (AvgIpc) is 2.80. The predicted octanol–water partition coefficient (Wildman–Crippen LogP) is 0.927. The lowest BCUT2D eigenvalue weighted by molar-refractivity contribution is -0.140. The molecule has 10 nitrogen and oxygen atoms in total. The summed E-state index contributed by atoms with van der Waals surface area (Å²) < 4.78 is 41.6. The Kier molecular flexibility index (Phi) is 8.44. The Morgan fingerprint density at radius 1 is 1.12 bits per heavy atom. The molecule has 0 radical (unpaired) electrons. The molecule has 1 aromatic rings. The van der Waals surface area contributed by atoms with Gasteiger partial charge in [0.1, 0.15) is 0 Å². The van der Waals surface area contributed by atoms with Crippen LogP contribution in [0.5, 0.6) is 0 Å². The zero-order chi connectivity index (χ0) is 23.0. The van der Waals surface area contributed by atoms with Crippen molar-refractivity contribution in [3.8, 4) is 6.19 Å². The summed E-state index contributed by atoms with van der Waals surface area (Å²) >= 11 is 0. The fourth-order valence-corrected chi connectivity index (χ4v) is 5.12. The molecule has 11 heteroatoms. The molecule has 0 unspecified atom stereocenters. The van der Waals surface area contributed by atoms with E-state index in [1.54, 1.807) is 30.3 Å². The molecule has 2 heterocycles. The van der Waals surface area contributed by atoms with E-state index in [9.17, 15) is 23.3 Å². The fourth-order valence-electron chi connectivity index (χ4n) is 3.62. The minimum absolute atomic E-state index is 0.276. The second kappa shape index (κ2) is 11.3. The van der Waals surface area contributed by atoms with Gasteiger partial charge in [-0.25, -0.2) is 18.1 Å². The first-order chi connectivity index (χ1) is 15.4. The Labute approximate surface area is 187 Å². The van der Waals surface area contributed by atoms with Crippen LogP contribution in [0.2, 0.25) is 0 Å². The third-order valence-electron chi connectivity index (χ3n) is 5.32. The van der Waals surface area contributed by atoms with Gasteiger partial charge in [0.05, 0.1) is 30.8 Å². The SMILES string of the molecule is N#CN(C(=O)[C@H](CS(=O)(=O)Cc1ccccc1)OC(=O)N1CCOCC1)C1CCOCC1. The maximum absolute atomic E-state index is 13.2. The summed E-state index contributed by atoms with van der Waals surface area (Å²) in [6.45, 7) is 1.98. The summed E-state index contributed by atoms with van der Waals surface area (Å²) in [6, 6.07) is 8.10. The lowest BCUT2D eigenvalue weighted by Gasteiger charge is -2.32. The Morgan fingerprint density at radius 3 is 2.38 bits per heavy atom. The second-order valence-electron chi connectivity index (χ2n) is 7.66. The first-order valence-corrected chi connectivity index (χ1v) is 12.3. The molecule has 1 aromatic carbocycles. The summed E-state index contributed by atoms with van der Waals surface area (Å²) in [5.74, 6) is -1.85. The van der Waals surface area contributed by atoms with Crippen molar-refractivity contribution in [1.82, 2.24) is 9.80 Å². The predicted molar refractivity (Wildman–Crippen MR) is 113 cm³/mol. The summed E-state index contributed by atoms with van der Waals surface area (Å²) in [5, 5.41) is 9.61. The first kappa shape index (κ1) is 24.0. The van der Waals surface area contributed by atoms with Crippen LogP contribution in [-0.4, -0.2) is 87.6 Å². The standard InChI is InChI=1S/C21H27N3O7S/c22-16-24(18-6-10-29-11-7-18)20(25)19(31-21(26)23-8-12-30-13-9-23)15-32(27,28)14-17-4-2-1-3-5-17/h1-5,18-19H,6-15H2/t19-/m0/s1. The van der Waals surface area contributed by atoms with Crippen LogP contribution in [0.3, 0.4) is 0 Å². The molecule has 0 N–H and O–H groups in total. The molecule has 2 fully saturated rings. The number of carbonyl (C=O) groups is 2. The molecule has 3 rings (SSSR count). The van der Waals surface area contributed by atoms with Crippen molar-refractivity contribution in [2.75, 3.05) is 45.3 Å². The van der Waals surface area contributed by atoms with Crippen LogP contribution in [0.1, 0.15) is 18.4 Å². The zero-order valence-corrected chi connectivity index (χ0v) is 18.5. The van der Waals surface area contributed by atoms with E-state index in [-0.39, 0.29) is 18.8 Å². The smallest absolute Gasteiger partial charge is 0.410 e. The number of sulfone groups is 1. The maximum Gasteiger partial charge on any atom is 0.410 e. The van der Waals surface area contributed by atoms with Crippen LogP contribution in [0.25, 0.3) is 0 Å². The molecule has 2 aliphatic heterocycles. The normalized spacial score (nSPS) is 18.4. The van der Waals surface area contributed by atoms with Gasteiger partial charge in [-0.3, -0.25) is 4.79 Å². The van der Waals surface area contributed by atoms with Gasteiger partial charge in [-0.1, -0.05) is 30.3 Å². The fraction of sp³-hybridized carbons (Fsp3) is 0.571. The van der Waals surface area contributed by atoms with Gasteiger partial charge >= 0.3 is 6.09 Å². The Hall–Kier alpha value is -2.68. The maximum atomic E-state index is 13.2. The van der Waals surface area contributed by atoms with Crippen LogP contribution in [0, 0.1) is 11.5 Å². The number of hydrogen-bond acceptors (Lipinski definition) is 8. The number of benzene rings is 1. The van der Waals surface area contributed by atoms with Crippen molar-refractivity contribution in [2.24, 2.45) is 0 Å². The third-order valence-corrected chi connectivity index (χ3v) is 6.91. The van der Waals surface area contributed by atoms with Gasteiger partial charge in [-0.15, -0.1) is 0 Å². The van der Waals surface area contributed by atoms with Gasteiger partial charge in [0, 0.05) is 26.3 Å². The van der Waals surface area contributed by atoms with Gasteiger partial charge in [0.15, 0.2) is 22.1 Å². The van der Waals surface area contributed by atoms with Gasteiger partial charge < -0.3 is 19.1 Å². The minimum atomic E-state index is -3.83. The summed E-state index contributed by atoms with van der Waals surface area (Å²) in [4.78, 5) is 28.1. The molecule has 0 aliphatic carbocycles. The Balaban J connectivity index is 1.78. The molecule has 2 saturated heterocycles. The van der Waals surface area contributed by atoms with Crippen molar-refractivity contribution >= 4 is 21.8 Å². The van der Waals surface area contributed by atoms with E-state index in [0.29, 0.717) is 44.8 Å². The molecule has 0 bridgehead atoms. The van der Waals surface area contributed by atoms with Crippen LogP contribution >= 0.6 is 0 Å². The monoisotopic (exact) mass is 465 g/mol. The highest BCUT2D eigenvalue weighted by Crippen LogP contribution is 2.18. The van der Waals surface area contributed by atoms with Crippen molar-refractivity contribution in [3.63, 3.8) is 0 Å². The molecule has 2 aliphatic rings. The van der Waals surface area contributed by atoms with Crippen molar-refractivity contribution < 1.29 is 32.2 Å². The number of amides is 2. The van der Waals surface area contributed by atoms with E-state index >= 15 is 0 Å². The number of rotatable bonds is 7. The highest BCUT2D eigenvalue weighted by Gasteiger charge is 2.37. The second-order valence-corrected chi connectivity index (χ2v) is 9.77. The van der Waals surface area contributed by atoms with Crippen molar-refractivity contribution in [3.05, 3.63) is 35.9 Å². The number of morpholine rings is 1. The molecule has 1 atom stereocenters. The summed E-state index contributed by atoms with van der Waals surface area (Å²) in [5.41, 5.74) is 0.555. The van der Waals surface area contributed by atoms with Gasteiger partial charge in [0.2, 0.25) is 0 Å². The highest BCUT2D eigenvalue weighted by molar-refractivity contribution is 7.90. The molecular weight excluding hydrogens is 438 g/mol. The van der Waals surface area contributed by atoms with Crippen LogP contribution < -0.4 is 0 Å². The van der Waals surface area contributed by atoms with E-state index in [2.05, 4.69) is 0 Å². The largest absolute Gasteiger partial charge is 0.435 e. The van der Waals surface area contributed by atoms with E-state index in [1.165, 1.54) is 4.90 Å². The Bertz CT molecular complexity index is 920. The number of hydrogen-bond donors (Lipinski definition) is 0. The van der Waals surface area contributed by atoms with E-state index in [1.807, 2.05) is 6.19 Å². The van der Waals surface area contributed by atoms with E-state index < -0.39 is 39.7 Å². The molecule has 32 heavy (non-hydrogen) atoms. The van der Waals surface area contributed by atoms with Crippen LogP contribution in [0.15, 0.2) is 30.3 Å². The molecular formula is C21H27N3O7S. The van der Waals surface area contributed by atoms with E-state index in [0.717, 1.165) is 4.90 Å². The van der Waals surface area contributed by atoms with Crippen molar-refractivity contribution in [2.45, 2.75) is 30.7 Å². The van der Waals surface area contributed by atoms with Crippen molar-refractivity contribution in [1.29, 1.82) is 5.26 Å². The third kappa shape index (κ3) is 6.66. The lowest BCUT2D eigenvalue weighted by Crippen LogP contribution is -2.50. The van der Waals surface area contributed by atoms with Crippen LogP contribution in [-0.2, 0) is 34.6 Å². The summed E-state index contributed by atoms with van der Waals surface area (Å²) in [7, 11) is -3.83. The lowest BCUT2D eigenvalue weighted by atomic mass is 10.1. The number of nitriles is 1. The van der Waals surface area contributed by atoms with Gasteiger partial charge in [0.25, 0.3) is 5.91 Å². The highest BCUT2D eigenvalue weighted by atomic mass is 32.2. The number of nitrogens with zero attached hydrogens (tertiary/aromatic N) is 3.